The van der Waals surface area contributed by atoms with Gasteiger partial charge in [0.2, 0.25) is 0 Å². The first-order valence-corrected chi connectivity index (χ1v) is 5.74. The number of hydrogen-bond donors (Lipinski definition) is 0. The highest BCUT2D eigenvalue weighted by atomic mass is 19.1. The molecular weight excluding hydrogens is 247 g/mol. The lowest BCUT2D eigenvalue weighted by Gasteiger charge is -2.07. The summed E-state index contributed by atoms with van der Waals surface area (Å²) in [5.74, 6) is 0.0892. The Bertz CT molecular complexity index is 567. The Morgan fingerprint density at radius 3 is 2.53 bits per heavy atom. The van der Waals surface area contributed by atoms with Crippen molar-refractivity contribution >= 4 is 5.78 Å². The number of Topliss-reactive ketones (excluding diaryl/α,β-unsaturated/α-hetero) is 1. The van der Waals surface area contributed by atoms with E-state index in [1.54, 1.807) is 12.1 Å². The number of hydrogen-bond acceptors (Lipinski definition) is 3. The van der Waals surface area contributed by atoms with Crippen LogP contribution >= 0.6 is 0 Å². The average Bonchev–Trinajstić information content (AvgIpc) is 2.45. The number of rotatable bonds is 5. The second-order valence-corrected chi connectivity index (χ2v) is 3.90. The SMILES string of the molecule is COc1cc(F)cc(C(=O)COc2ccccc2)c1. The molecule has 19 heavy (non-hydrogen) atoms. The van der Waals surface area contributed by atoms with Crippen molar-refractivity contribution in [1.82, 2.24) is 0 Å². The minimum Gasteiger partial charge on any atom is -0.497 e. The molecule has 0 N–H and O–H groups in total. The Morgan fingerprint density at radius 2 is 1.84 bits per heavy atom. The van der Waals surface area contributed by atoms with Crippen molar-refractivity contribution in [3.05, 3.63) is 59.9 Å². The molecule has 0 saturated heterocycles. The fourth-order valence-corrected chi connectivity index (χ4v) is 1.59. The van der Waals surface area contributed by atoms with Crippen LogP contribution in [0.4, 0.5) is 4.39 Å². The molecule has 4 heteroatoms. The summed E-state index contributed by atoms with van der Waals surface area (Å²) in [6.45, 7) is -0.142. The van der Waals surface area contributed by atoms with Crippen molar-refractivity contribution in [3.8, 4) is 11.5 Å². The molecule has 0 spiro atoms. The van der Waals surface area contributed by atoms with Crippen molar-refractivity contribution < 1.29 is 18.7 Å². The van der Waals surface area contributed by atoms with Gasteiger partial charge in [-0.15, -0.1) is 0 Å². The molecule has 0 aliphatic heterocycles. The molecule has 0 aromatic heterocycles. The summed E-state index contributed by atoms with van der Waals surface area (Å²) in [6.07, 6.45) is 0. The largest absolute Gasteiger partial charge is 0.497 e. The smallest absolute Gasteiger partial charge is 0.200 e. The van der Waals surface area contributed by atoms with Crippen LogP contribution in [0.2, 0.25) is 0 Å². The lowest BCUT2D eigenvalue weighted by molar-refractivity contribution is 0.0920. The van der Waals surface area contributed by atoms with Gasteiger partial charge in [0.15, 0.2) is 12.4 Å². The Morgan fingerprint density at radius 1 is 1.11 bits per heavy atom. The predicted octanol–water partition coefficient (Wildman–Crippen LogP) is 3.10. The zero-order valence-corrected chi connectivity index (χ0v) is 10.4. The lowest BCUT2D eigenvalue weighted by atomic mass is 10.1. The Labute approximate surface area is 110 Å². The number of ether oxygens (including phenoxy) is 2. The molecule has 0 bridgehead atoms. The topological polar surface area (TPSA) is 35.5 Å². The van der Waals surface area contributed by atoms with Crippen LogP contribution in [0.1, 0.15) is 10.4 Å². The van der Waals surface area contributed by atoms with Crippen LogP contribution in [0.15, 0.2) is 48.5 Å². The van der Waals surface area contributed by atoms with E-state index in [9.17, 15) is 9.18 Å². The van der Waals surface area contributed by atoms with Crippen molar-refractivity contribution in [2.24, 2.45) is 0 Å². The van der Waals surface area contributed by atoms with Gasteiger partial charge in [0.25, 0.3) is 0 Å². The first-order valence-electron chi connectivity index (χ1n) is 5.74. The number of methoxy groups -OCH3 is 1. The second kappa shape index (κ2) is 6.00. The van der Waals surface area contributed by atoms with Crippen LogP contribution in [-0.2, 0) is 0 Å². The van der Waals surface area contributed by atoms with Gasteiger partial charge in [-0.3, -0.25) is 4.79 Å². The maximum absolute atomic E-state index is 13.3. The lowest BCUT2D eigenvalue weighted by Crippen LogP contribution is -2.12. The third kappa shape index (κ3) is 3.55. The van der Waals surface area contributed by atoms with Gasteiger partial charge in [-0.25, -0.2) is 4.39 Å². The minimum absolute atomic E-state index is 0.142. The van der Waals surface area contributed by atoms with E-state index in [1.807, 2.05) is 18.2 Å². The molecule has 0 saturated carbocycles. The molecule has 2 aromatic carbocycles. The zero-order valence-electron chi connectivity index (χ0n) is 10.4. The van der Waals surface area contributed by atoms with E-state index in [2.05, 4.69) is 0 Å². The molecule has 0 aliphatic rings. The van der Waals surface area contributed by atoms with Gasteiger partial charge in [-0.1, -0.05) is 18.2 Å². The fourth-order valence-electron chi connectivity index (χ4n) is 1.59. The van der Waals surface area contributed by atoms with E-state index in [0.29, 0.717) is 11.5 Å². The summed E-state index contributed by atoms with van der Waals surface area (Å²) in [6, 6.07) is 12.8. The molecule has 0 fully saturated rings. The molecule has 0 radical (unpaired) electrons. The van der Waals surface area contributed by atoms with Crippen LogP contribution in [0.5, 0.6) is 11.5 Å². The van der Waals surface area contributed by atoms with Crippen molar-refractivity contribution in [2.75, 3.05) is 13.7 Å². The first kappa shape index (κ1) is 13.1. The van der Waals surface area contributed by atoms with Gasteiger partial charge < -0.3 is 9.47 Å². The van der Waals surface area contributed by atoms with E-state index in [0.717, 1.165) is 0 Å². The van der Waals surface area contributed by atoms with E-state index < -0.39 is 5.82 Å². The highest BCUT2D eigenvalue weighted by molar-refractivity contribution is 5.97. The third-order valence-electron chi connectivity index (χ3n) is 2.54. The first-order chi connectivity index (χ1) is 9.19. The molecule has 3 nitrogen and oxygen atoms in total. The molecule has 2 rings (SSSR count). The summed E-state index contributed by atoms with van der Waals surface area (Å²) in [7, 11) is 1.42. The molecule has 0 atom stereocenters. The normalized spacial score (nSPS) is 10.0. The van der Waals surface area contributed by atoms with Crippen LogP contribution < -0.4 is 9.47 Å². The Hall–Kier alpha value is -2.36. The molecule has 0 aliphatic carbocycles. The number of halogens is 1. The van der Waals surface area contributed by atoms with Crippen LogP contribution in [0.3, 0.4) is 0 Å². The van der Waals surface area contributed by atoms with Crippen molar-refractivity contribution in [3.63, 3.8) is 0 Å². The standard InChI is InChI=1S/C15H13FO3/c1-18-14-8-11(7-12(16)9-14)15(17)10-19-13-5-3-2-4-6-13/h2-9H,10H2,1H3. The Balaban J connectivity index is 2.06. The molecule has 0 amide bonds. The number of para-hydroxylation sites is 1. The van der Waals surface area contributed by atoms with Crippen molar-refractivity contribution in [1.29, 1.82) is 0 Å². The van der Waals surface area contributed by atoms with Gasteiger partial charge in [0.1, 0.15) is 17.3 Å². The summed E-state index contributed by atoms with van der Waals surface area (Å²) >= 11 is 0. The molecule has 2 aromatic rings. The monoisotopic (exact) mass is 260 g/mol. The maximum Gasteiger partial charge on any atom is 0.200 e. The molecular formula is C15H13FO3. The third-order valence-corrected chi connectivity index (χ3v) is 2.54. The average molecular weight is 260 g/mol. The van der Waals surface area contributed by atoms with Crippen molar-refractivity contribution in [2.45, 2.75) is 0 Å². The van der Waals surface area contributed by atoms with Gasteiger partial charge in [-0.2, -0.15) is 0 Å². The summed E-state index contributed by atoms with van der Waals surface area (Å²) in [4.78, 5) is 11.9. The number of benzene rings is 2. The van der Waals surface area contributed by atoms with E-state index in [-0.39, 0.29) is 18.0 Å². The van der Waals surface area contributed by atoms with E-state index in [1.165, 1.54) is 25.3 Å². The van der Waals surface area contributed by atoms with Crippen LogP contribution in [0.25, 0.3) is 0 Å². The number of ketones is 1. The minimum atomic E-state index is -0.512. The van der Waals surface area contributed by atoms with Crippen LogP contribution in [-0.4, -0.2) is 19.5 Å². The Kier molecular flexibility index (Phi) is 4.13. The fraction of sp³-hybridized carbons (Fsp3) is 0.133. The molecule has 0 heterocycles. The number of carbonyl (C=O) groups is 1. The summed E-state index contributed by atoms with van der Waals surface area (Å²) < 4.78 is 23.5. The van der Waals surface area contributed by atoms with Gasteiger partial charge in [0.05, 0.1) is 7.11 Å². The van der Waals surface area contributed by atoms with E-state index in [4.69, 9.17) is 9.47 Å². The quantitative estimate of drug-likeness (QED) is 0.775. The molecule has 0 unspecified atom stereocenters. The van der Waals surface area contributed by atoms with Gasteiger partial charge in [0, 0.05) is 11.6 Å². The highest BCUT2D eigenvalue weighted by Crippen LogP contribution is 2.17. The zero-order chi connectivity index (χ0) is 13.7. The number of carbonyl (C=O) groups excluding carboxylic acids is 1. The highest BCUT2D eigenvalue weighted by Gasteiger charge is 2.10. The summed E-state index contributed by atoms with van der Waals surface area (Å²) in [5, 5.41) is 0. The van der Waals surface area contributed by atoms with Crippen LogP contribution in [0, 0.1) is 5.82 Å². The van der Waals surface area contributed by atoms with Gasteiger partial charge in [-0.05, 0) is 24.3 Å². The molecule has 98 valence electrons. The maximum atomic E-state index is 13.3. The van der Waals surface area contributed by atoms with E-state index >= 15 is 0 Å². The second-order valence-electron chi connectivity index (χ2n) is 3.90. The predicted molar refractivity (Wildman–Crippen MR) is 69.2 cm³/mol. The summed E-state index contributed by atoms with van der Waals surface area (Å²) in [5.41, 5.74) is 0.229. The van der Waals surface area contributed by atoms with Gasteiger partial charge >= 0.3 is 0 Å².